The van der Waals surface area contributed by atoms with Crippen molar-refractivity contribution in [2.75, 3.05) is 13.1 Å². The van der Waals surface area contributed by atoms with E-state index in [1.807, 2.05) is 0 Å². The molecular formula is C16H29N3. The fraction of sp³-hybridized carbons (Fsp3) is 0.938. The molecule has 2 aliphatic carbocycles. The lowest BCUT2D eigenvalue weighted by atomic mass is 9.85. The number of nitrogens with zero attached hydrogens (tertiary/aromatic N) is 2. The topological polar surface area (TPSA) is 41.6 Å². The van der Waals surface area contributed by atoms with Gasteiger partial charge in [-0.15, -0.1) is 0 Å². The molecule has 19 heavy (non-hydrogen) atoms. The van der Waals surface area contributed by atoms with Crippen LogP contribution in [0.2, 0.25) is 0 Å². The molecule has 2 saturated carbocycles. The van der Waals surface area contributed by atoms with Gasteiger partial charge in [-0.3, -0.25) is 0 Å². The molecule has 0 aromatic carbocycles. The number of hydrogen-bond acceptors (Lipinski definition) is 1. The highest BCUT2D eigenvalue weighted by Gasteiger charge is 2.43. The molecule has 3 heteroatoms. The lowest BCUT2D eigenvalue weighted by Crippen LogP contribution is -2.43. The Morgan fingerprint density at radius 3 is 2.63 bits per heavy atom. The summed E-state index contributed by atoms with van der Waals surface area (Å²) in [4.78, 5) is 7.13. The van der Waals surface area contributed by atoms with Gasteiger partial charge in [0.2, 0.25) is 0 Å². The first-order valence-electron chi connectivity index (χ1n) is 8.32. The molecule has 3 aliphatic rings. The maximum Gasteiger partial charge on any atom is 0.191 e. The van der Waals surface area contributed by atoms with E-state index in [2.05, 4.69) is 11.8 Å². The quantitative estimate of drug-likeness (QED) is 0.614. The van der Waals surface area contributed by atoms with Crippen LogP contribution in [0.25, 0.3) is 0 Å². The van der Waals surface area contributed by atoms with Crippen LogP contribution in [0.1, 0.15) is 58.3 Å². The fourth-order valence-corrected chi connectivity index (χ4v) is 4.07. The summed E-state index contributed by atoms with van der Waals surface area (Å²) in [6, 6.07) is 0.556. The molecule has 3 nitrogen and oxygen atoms in total. The Hall–Kier alpha value is -0.730. The van der Waals surface area contributed by atoms with Crippen LogP contribution in [0.15, 0.2) is 4.99 Å². The summed E-state index contributed by atoms with van der Waals surface area (Å²) in [5.41, 5.74) is 6.22. The highest BCUT2D eigenvalue weighted by Crippen LogP contribution is 2.46. The molecule has 0 spiro atoms. The maximum absolute atomic E-state index is 6.22. The van der Waals surface area contributed by atoms with Gasteiger partial charge in [0, 0.05) is 13.1 Å². The third-order valence-electron chi connectivity index (χ3n) is 5.34. The summed E-state index contributed by atoms with van der Waals surface area (Å²) in [6.45, 7) is 4.54. The lowest BCUT2D eigenvalue weighted by molar-refractivity contribution is 0.269. The van der Waals surface area contributed by atoms with E-state index in [4.69, 9.17) is 10.7 Å². The molecule has 3 atom stereocenters. The van der Waals surface area contributed by atoms with E-state index in [0.29, 0.717) is 6.04 Å². The first-order chi connectivity index (χ1) is 9.24. The standard InChI is InChI=1S/C16H29N3/c1-12-6-5-9-19(11-12)16(17)18-15-10-14(15)13-7-3-2-4-8-13/h12-15H,2-11H2,1H3,(H2,17,18). The molecule has 3 unspecified atom stereocenters. The fourth-order valence-electron chi connectivity index (χ4n) is 4.07. The van der Waals surface area contributed by atoms with E-state index in [1.165, 1.54) is 51.4 Å². The van der Waals surface area contributed by atoms with Crippen molar-refractivity contribution < 1.29 is 0 Å². The molecular weight excluding hydrogens is 234 g/mol. The second-order valence-electron chi connectivity index (χ2n) is 7.05. The van der Waals surface area contributed by atoms with Crippen molar-refractivity contribution in [1.82, 2.24) is 4.90 Å². The number of rotatable bonds is 2. The number of aliphatic imine (C=N–C) groups is 1. The maximum atomic E-state index is 6.22. The molecule has 3 fully saturated rings. The average molecular weight is 263 g/mol. The molecule has 0 aromatic heterocycles. The van der Waals surface area contributed by atoms with Crippen molar-refractivity contribution in [3.63, 3.8) is 0 Å². The zero-order valence-corrected chi connectivity index (χ0v) is 12.4. The summed E-state index contributed by atoms with van der Waals surface area (Å²) in [7, 11) is 0. The Labute approximate surface area is 117 Å². The molecule has 3 rings (SSSR count). The van der Waals surface area contributed by atoms with Crippen molar-refractivity contribution >= 4 is 5.96 Å². The summed E-state index contributed by atoms with van der Waals surface area (Å²) < 4.78 is 0. The molecule has 108 valence electrons. The monoisotopic (exact) mass is 263 g/mol. The highest BCUT2D eigenvalue weighted by molar-refractivity contribution is 5.78. The molecule has 0 radical (unpaired) electrons. The van der Waals surface area contributed by atoms with Gasteiger partial charge in [0.1, 0.15) is 0 Å². The molecule has 0 aromatic rings. The van der Waals surface area contributed by atoms with Crippen molar-refractivity contribution in [2.24, 2.45) is 28.5 Å². The van der Waals surface area contributed by atoms with Crippen molar-refractivity contribution in [3.8, 4) is 0 Å². The van der Waals surface area contributed by atoms with Crippen LogP contribution < -0.4 is 5.73 Å². The molecule has 2 N–H and O–H groups in total. The number of guanidine groups is 1. The SMILES string of the molecule is CC1CCCN(C(N)=NC2CC2C2CCCCC2)C1. The lowest BCUT2D eigenvalue weighted by Gasteiger charge is -2.31. The molecule has 1 saturated heterocycles. The predicted molar refractivity (Wildman–Crippen MR) is 80.1 cm³/mol. The zero-order chi connectivity index (χ0) is 13.2. The minimum Gasteiger partial charge on any atom is -0.370 e. The van der Waals surface area contributed by atoms with E-state index in [1.54, 1.807) is 0 Å². The van der Waals surface area contributed by atoms with Crippen LogP contribution in [0.4, 0.5) is 0 Å². The Morgan fingerprint density at radius 1 is 1.11 bits per heavy atom. The zero-order valence-electron chi connectivity index (χ0n) is 12.4. The number of likely N-dealkylation sites (tertiary alicyclic amines) is 1. The summed E-state index contributed by atoms with van der Waals surface area (Å²) in [5.74, 6) is 3.42. The second kappa shape index (κ2) is 5.72. The van der Waals surface area contributed by atoms with Crippen LogP contribution >= 0.6 is 0 Å². The Kier molecular flexibility index (Phi) is 3.99. The van der Waals surface area contributed by atoms with Crippen molar-refractivity contribution in [2.45, 2.75) is 64.3 Å². The predicted octanol–water partition coefficient (Wildman–Crippen LogP) is 3.00. The van der Waals surface area contributed by atoms with Crippen LogP contribution in [0.5, 0.6) is 0 Å². The molecule has 0 amide bonds. The van der Waals surface area contributed by atoms with Crippen molar-refractivity contribution in [3.05, 3.63) is 0 Å². The van der Waals surface area contributed by atoms with Gasteiger partial charge in [0.05, 0.1) is 6.04 Å². The minimum absolute atomic E-state index is 0.556. The number of piperidine rings is 1. The first-order valence-corrected chi connectivity index (χ1v) is 8.32. The van der Waals surface area contributed by atoms with Gasteiger partial charge in [-0.25, -0.2) is 4.99 Å². The average Bonchev–Trinajstić information content (AvgIpc) is 3.19. The molecule has 1 heterocycles. The minimum atomic E-state index is 0.556. The van der Waals surface area contributed by atoms with Crippen LogP contribution in [-0.4, -0.2) is 30.0 Å². The van der Waals surface area contributed by atoms with Gasteiger partial charge < -0.3 is 10.6 Å². The molecule has 0 bridgehead atoms. The van der Waals surface area contributed by atoms with Crippen LogP contribution in [-0.2, 0) is 0 Å². The largest absolute Gasteiger partial charge is 0.370 e. The second-order valence-corrected chi connectivity index (χ2v) is 7.05. The van der Waals surface area contributed by atoms with Gasteiger partial charge in [-0.1, -0.05) is 39.0 Å². The van der Waals surface area contributed by atoms with Gasteiger partial charge in [0.15, 0.2) is 5.96 Å². The van der Waals surface area contributed by atoms with Gasteiger partial charge >= 0.3 is 0 Å². The van der Waals surface area contributed by atoms with Crippen LogP contribution in [0.3, 0.4) is 0 Å². The van der Waals surface area contributed by atoms with Gasteiger partial charge in [-0.05, 0) is 37.0 Å². The van der Waals surface area contributed by atoms with E-state index in [0.717, 1.165) is 36.8 Å². The normalized spacial score (nSPS) is 37.4. The summed E-state index contributed by atoms with van der Waals surface area (Å²) >= 11 is 0. The van der Waals surface area contributed by atoms with E-state index >= 15 is 0 Å². The third kappa shape index (κ3) is 3.24. The van der Waals surface area contributed by atoms with E-state index in [9.17, 15) is 0 Å². The van der Waals surface area contributed by atoms with E-state index in [-0.39, 0.29) is 0 Å². The van der Waals surface area contributed by atoms with Gasteiger partial charge in [-0.2, -0.15) is 0 Å². The van der Waals surface area contributed by atoms with Crippen molar-refractivity contribution in [1.29, 1.82) is 0 Å². The first kappa shape index (κ1) is 13.3. The molecule has 1 aliphatic heterocycles. The highest BCUT2D eigenvalue weighted by atomic mass is 15.3. The summed E-state index contributed by atoms with van der Waals surface area (Å²) in [5, 5.41) is 0. The number of hydrogen-bond donors (Lipinski definition) is 1. The Morgan fingerprint density at radius 2 is 1.89 bits per heavy atom. The van der Waals surface area contributed by atoms with Crippen LogP contribution in [0, 0.1) is 17.8 Å². The smallest absolute Gasteiger partial charge is 0.191 e. The third-order valence-corrected chi connectivity index (χ3v) is 5.34. The summed E-state index contributed by atoms with van der Waals surface area (Å²) in [6.07, 6.45) is 11.1. The Bertz CT molecular complexity index is 333. The van der Waals surface area contributed by atoms with Gasteiger partial charge in [0.25, 0.3) is 0 Å². The van der Waals surface area contributed by atoms with E-state index < -0.39 is 0 Å². The Balaban J connectivity index is 1.51. The number of nitrogens with two attached hydrogens (primary N) is 1.